The number of piperidine rings is 1. The standard InChI is InChI=1S/C20H24N2O/c1-23-20-7-3-2-5-19(20)6-4-14-22-15-10-18(11-16-22)17-8-12-21-13-9-17/h2-9,12-13,18H,10-11,14-16H2,1H3/b6-4+. The molecule has 0 unspecified atom stereocenters. The van der Waals surface area contributed by atoms with Crippen molar-refractivity contribution in [2.45, 2.75) is 18.8 Å². The van der Waals surface area contributed by atoms with E-state index in [1.54, 1.807) is 7.11 Å². The molecule has 1 aliphatic rings. The molecule has 3 heteroatoms. The van der Waals surface area contributed by atoms with Gasteiger partial charge in [0.05, 0.1) is 7.11 Å². The highest BCUT2D eigenvalue weighted by atomic mass is 16.5. The van der Waals surface area contributed by atoms with E-state index in [1.807, 2.05) is 30.6 Å². The van der Waals surface area contributed by atoms with Crippen molar-refractivity contribution in [3.63, 3.8) is 0 Å². The summed E-state index contributed by atoms with van der Waals surface area (Å²) < 4.78 is 5.38. The Kier molecular flexibility index (Phi) is 5.43. The van der Waals surface area contributed by atoms with E-state index in [9.17, 15) is 0 Å². The van der Waals surface area contributed by atoms with E-state index < -0.39 is 0 Å². The van der Waals surface area contributed by atoms with E-state index in [1.165, 1.54) is 18.4 Å². The first-order chi connectivity index (χ1) is 11.4. The second-order valence-corrected chi connectivity index (χ2v) is 6.00. The number of hydrogen-bond donors (Lipinski definition) is 0. The van der Waals surface area contributed by atoms with Crippen LogP contribution >= 0.6 is 0 Å². The number of aromatic nitrogens is 1. The number of rotatable bonds is 5. The van der Waals surface area contributed by atoms with Crippen LogP contribution in [-0.4, -0.2) is 36.6 Å². The van der Waals surface area contributed by atoms with Crippen LogP contribution in [0.1, 0.15) is 29.9 Å². The van der Waals surface area contributed by atoms with Crippen LogP contribution in [0.15, 0.2) is 54.9 Å². The first-order valence-electron chi connectivity index (χ1n) is 8.28. The average molecular weight is 308 g/mol. The fourth-order valence-corrected chi connectivity index (χ4v) is 3.22. The minimum atomic E-state index is 0.687. The van der Waals surface area contributed by atoms with Gasteiger partial charge in [0.25, 0.3) is 0 Å². The predicted molar refractivity (Wildman–Crippen MR) is 94.7 cm³/mol. The fourth-order valence-electron chi connectivity index (χ4n) is 3.22. The SMILES string of the molecule is COc1ccccc1/C=C/CN1CCC(c2ccncc2)CC1. The van der Waals surface area contributed by atoms with Crippen LogP contribution in [0.4, 0.5) is 0 Å². The maximum absolute atomic E-state index is 5.38. The molecule has 0 radical (unpaired) electrons. The monoisotopic (exact) mass is 308 g/mol. The zero-order valence-electron chi connectivity index (χ0n) is 13.7. The summed E-state index contributed by atoms with van der Waals surface area (Å²) in [6.45, 7) is 3.31. The number of likely N-dealkylation sites (tertiary alicyclic amines) is 1. The molecule has 1 aromatic carbocycles. The number of benzene rings is 1. The van der Waals surface area contributed by atoms with Crippen molar-refractivity contribution >= 4 is 6.08 Å². The molecule has 1 aromatic heterocycles. The van der Waals surface area contributed by atoms with Crippen LogP contribution in [0.2, 0.25) is 0 Å². The van der Waals surface area contributed by atoms with Gasteiger partial charge in [-0.1, -0.05) is 30.4 Å². The first kappa shape index (κ1) is 15.8. The van der Waals surface area contributed by atoms with Gasteiger partial charge in [0.2, 0.25) is 0 Å². The van der Waals surface area contributed by atoms with Crippen molar-refractivity contribution in [1.29, 1.82) is 0 Å². The van der Waals surface area contributed by atoms with E-state index in [4.69, 9.17) is 4.74 Å². The van der Waals surface area contributed by atoms with Gasteiger partial charge in [0.1, 0.15) is 5.75 Å². The minimum absolute atomic E-state index is 0.687. The van der Waals surface area contributed by atoms with E-state index in [2.05, 4.69) is 40.2 Å². The quantitative estimate of drug-likeness (QED) is 0.835. The summed E-state index contributed by atoms with van der Waals surface area (Å²) >= 11 is 0. The predicted octanol–water partition coefficient (Wildman–Crippen LogP) is 3.98. The van der Waals surface area contributed by atoms with Crippen molar-refractivity contribution < 1.29 is 4.74 Å². The molecule has 0 atom stereocenters. The molecule has 0 aliphatic carbocycles. The van der Waals surface area contributed by atoms with E-state index in [-0.39, 0.29) is 0 Å². The molecule has 23 heavy (non-hydrogen) atoms. The molecule has 1 saturated heterocycles. The van der Waals surface area contributed by atoms with Crippen molar-refractivity contribution in [2.75, 3.05) is 26.7 Å². The van der Waals surface area contributed by atoms with Crippen molar-refractivity contribution in [3.8, 4) is 5.75 Å². The van der Waals surface area contributed by atoms with Gasteiger partial charge in [-0.2, -0.15) is 0 Å². The van der Waals surface area contributed by atoms with Crippen molar-refractivity contribution in [2.24, 2.45) is 0 Å². The third-order valence-electron chi connectivity index (χ3n) is 4.57. The Labute approximate surface area is 138 Å². The van der Waals surface area contributed by atoms with Crippen LogP contribution in [0.3, 0.4) is 0 Å². The maximum Gasteiger partial charge on any atom is 0.126 e. The zero-order chi connectivity index (χ0) is 15.9. The lowest BCUT2D eigenvalue weighted by Gasteiger charge is -2.31. The Balaban J connectivity index is 1.50. The Morgan fingerprint density at radius 3 is 2.61 bits per heavy atom. The molecule has 2 heterocycles. The summed E-state index contributed by atoms with van der Waals surface area (Å²) in [5.41, 5.74) is 2.57. The highest BCUT2D eigenvalue weighted by molar-refractivity contribution is 5.57. The Hall–Kier alpha value is -2.13. The molecule has 3 nitrogen and oxygen atoms in total. The van der Waals surface area contributed by atoms with Crippen molar-refractivity contribution in [1.82, 2.24) is 9.88 Å². The third kappa shape index (κ3) is 4.20. The molecule has 2 aromatic rings. The smallest absolute Gasteiger partial charge is 0.126 e. The summed E-state index contributed by atoms with van der Waals surface area (Å²) in [5.74, 6) is 1.62. The lowest BCUT2D eigenvalue weighted by Crippen LogP contribution is -2.33. The molecule has 0 N–H and O–H groups in total. The fraction of sp³-hybridized carbons (Fsp3) is 0.350. The van der Waals surface area contributed by atoms with Crippen LogP contribution in [-0.2, 0) is 0 Å². The average Bonchev–Trinajstić information content (AvgIpc) is 2.63. The summed E-state index contributed by atoms with van der Waals surface area (Å²) in [4.78, 5) is 6.63. The molecular formula is C20H24N2O. The van der Waals surface area contributed by atoms with Crippen LogP contribution in [0.5, 0.6) is 5.75 Å². The van der Waals surface area contributed by atoms with Gasteiger partial charge in [-0.3, -0.25) is 9.88 Å². The first-order valence-corrected chi connectivity index (χ1v) is 8.28. The Bertz CT molecular complexity index is 631. The Morgan fingerprint density at radius 2 is 1.87 bits per heavy atom. The topological polar surface area (TPSA) is 25.4 Å². The largest absolute Gasteiger partial charge is 0.496 e. The number of ether oxygens (including phenoxy) is 1. The van der Waals surface area contributed by atoms with Crippen LogP contribution in [0.25, 0.3) is 6.08 Å². The van der Waals surface area contributed by atoms with Gasteiger partial charge in [0.15, 0.2) is 0 Å². The molecule has 0 spiro atoms. The van der Waals surface area contributed by atoms with Gasteiger partial charge in [-0.15, -0.1) is 0 Å². The highest BCUT2D eigenvalue weighted by Crippen LogP contribution is 2.27. The number of para-hydroxylation sites is 1. The third-order valence-corrected chi connectivity index (χ3v) is 4.57. The van der Waals surface area contributed by atoms with E-state index >= 15 is 0 Å². The molecule has 0 amide bonds. The lowest BCUT2D eigenvalue weighted by atomic mass is 9.90. The lowest BCUT2D eigenvalue weighted by molar-refractivity contribution is 0.233. The zero-order valence-corrected chi connectivity index (χ0v) is 13.7. The summed E-state index contributed by atoms with van der Waals surface area (Å²) in [6.07, 6.45) is 10.7. The minimum Gasteiger partial charge on any atom is -0.496 e. The van der Waals surface area contributed by atoms with Crippen molar-refractivity contribution in [3.05, 3.63) is 66.0 Å². The van der Waals surface area contributed by atoms with Gasteiger partial charge in [-0.25, -0.2) is 0 Å². The van der Waals surface area contributed by atoms with E-state index in [0.29, 0.717) is 5.92 Å². The highest BCUT2D eigenvalue weighted by Gasteiger charge is 2.19. The number of methoxy groups -OCH3 is 1. The summed E-state index contributed by atoms with van der Waals surface area (Å²) in [6, 6.07) is 12.4. The van der Waals surface area contributed by atoms with Gasteiger partial charge < -0.3 is 4.74 Å². The van der Waals surface area contributed by atoms with Crippen LogP contribution in [0, 0.1) is 0 Å². The van der Waals surface area contributed by atoms with Gasteiger partial charge in [0, 0.05) is 24.5 Å². The normalized spacial score (nSPS) is 16.7. The number of nitrogens with zero attached hydrogens (tertiary/aromatic N) is 2. The maximum atomic E-state index is 5.38. The molecule has 0 bridgehead atoms. The van der Waals surface area contributed by atoms with Gasteiger partial charge in [-0.05, 0) is 55.6 Å². The Morgan fingerprint density at radius 1 is 1.13 bits per heavy atom. The molecule has 120 valence electrons. The molecule has 0 saturated carbocycles. The number of hydrogen-bond acceptors (Lipinski definition) is 3. The van der Waals surface area contributed by atoms with Crippen LogP contribution < -0.4 is 4.74 Å². The van der Waals surface area contributed by atoms with Gasteiger partial charge >= 0.3 is 0 Å². The molecule has 1 aliphatic heterocycles. The van der Waals surface area contributed by atoms with E-state index in [0.717, 1.165) is 30.9 Å². The molecular weight excluding hydrogens is 284 g/mol. The molecule has 1 fully saturated rings. The molecule has 3 rings (SSSR count). The number of pyridine rings is 1. The second-order valence-electron chi connectivity index (χ2n) is 6.00. The second kappa shape index (κ2) is 7.93. The summed E-state index contributed by atoms with van der Waals surface area (Å²) in [5, 5.41) is 0. The summed E-state index contributed by atoms with van der Waals surface area (Å²) in [7, 11) is 1.72.